The van der Waals surface area contributed by atoms with Gasteiger partial charge in [0.05, 0.1) is 11.0 Å². The molecule has 0 aliphatic carbocycles. The molecule has 1 amide bonds. The van der Waals surface area contributed by atoms with Gasteiger partial charge >= 0.3 is 0 Å². The number of rotatable bonds is 3. The number of carbonyl (C=O) groups is 1. The Morgan fingerprint density at radius 2 is 1.47 bits per heavy atom. The summed E-state index contributed by atoms with van der Waals surface area (Å²) in [6.07, 6.45) is 0. The molecular weight excluding hydrogens is 192 g/mol. The van der Waals surface area contributed by atoms with E-state index < -0.39 is 16.6 Å². The summed E-state index contributed by atoms with van der Waals surface area (Å²) in [5, 5.41) is 0. The highest BCUT2D eigenvalue weighted by Gasteiger charge is 2.41. The van der Waals surface area contributed by atoms with E-state index in [1.165, 1.54) is 0 Å². The fourth-order valence-electron chi connectivity index (χ4n) is 0.620. The Hall–Kier alpha value is -0.610. The monoisotopic (exact) mass is 216 g/mol. The Morgan fingerprint density at radius 1 is 1.07 bits per heavy atom. The van der Waals surface area contributed by atoms with E-state index in [9.17, 15) is 4.79 Å². The number of hydrogen-bond acceptors (Lipinski definition) is 3. The maximum Gasteiger partial charge on any atom is 0.251 e. The van der Waals surface area contributed by atoms with Gasteiger partial charge in [0.2, 0.25) is 0 Å². The fourth-order valence-corrected chi connectivity index (χ4v) is 0.620. The van der Waals surface area contributed by atoms with Crippen LogP contribution in [0.4, 0.5) is 0 Å². The highest BCUT2D eigenvalue weighted by molar-refractivity contribution is 5.82. The molecule has 0 heterocycles. The second-order valence-corrected chi connectivity index (χ2v) is 5.99. The highest BCUT2D eigenvalue weighted by atomic mass is 16.7. The molecule has 0 spiro atoms. The van der Waals surface area contributed by atoms with Crippen molar-refractivity contribution in [1.29, 1.82) is 0 Å². The molecule has 0 aliphatic rings. The minimum Gasteiger partial charge on any atom is -0.325 e. The van der Waals surface area contributed by atoms with E-state index in [2.05, 4.69) is 5.48 Å². The molecule has 4 heteroatoms. The lowest BCUT2D eigenvalue weighted by molar-refractivity contribution is -0.157. The molecular formula is C11H24N2O2. The first kappa shape index (κ1) is 14.4. The SMILES string of the molecule is CC(C)(C)ONC(=O)C(C)(C)C(C)(C)N. The molecule has 90 valence electrons. The van der Waals surface area contributed by atoms with Crippen molar-refractivity contribution in [1.82, 2.24) is 5.48 Å². The summed E-state index contributed by atoms with van der Waals surface area (Å²) in [7, 11) is 0. The molecule has 3 N–H and O–H groups in total. The van der Waals surface area contributed by atoms with Crippen LogP contribution in [0.1, 0.15) is 48.5 Å². The molecule has 0 saturated heterocycles. The third-order valence-electron chi connectivity index (χ3n) is 2.63. The molecule has 0 fully saturated rings. The molecule has 0 bridgehead atoms. The van der Waals surface area contributed by atoms with Crippen LogP contribution >= 0.6 is 0 Å². The number of carbonyl (C=O) groups excluding carboxylic acids is 1. The van der Waals surface area contributed by atoms with Crippen molar-refractivity contribution in [3.63, 3.8) is 0 Å². The zero-order valence-electron chi connectivity index (χ0n) is 10.9. The summed E-state index contributed by atoms with van der Waals surface area (Å²) in [6, 6.07) is 0. The molecule has 0 aromatic rings. The predicted molar refractivity (Wildman–Crippen MR) is 61.0 cm³/mol. The van der Waals surface area contributed by atoms with Crippen molar-refractivity contribution in [2.24, 2.45) is 11.1 Å². The molecule has 0 atom stereocenters. The smallest absolute Gasteiger partial charge is 0.251 e. The zero-order valence-corrected chi connectivity index (χ0v) is 10.9. The van der Waals surface area contributed by atoms with Crippen LogP contribution in [-0.4, -0.2) is 17.0 Å². The Morgan fingerprint density at radius 3 is 1.73 bits per heavy atom. The van der Waals surface area contributed by atoms with Gasteiger partial charge < -0.3 is 5.73 Å². The second-order valence-electron chi connectivity index (χ2n) is 5.99. The Labute approximate surface area is 92.5 Å². The molecule has 0 aliphatic heterocycles. The van der Waals surface area contributed by atoms with Gasteiger partial charge in [-0.3, -0.25) is 9.63 Å². The molecule has 15 heavy (non-hydrogen) atoms. The highest BCUT2D eigenvalue weighted by Crippen LogP contribution is 2.28. The van der Waals surface area contributed by atoms with Crippen molar-refractivity contribution in [2.75, 3.05) is 0 Å². The van der Waals surface area contributed by atoms with Gasteiger partial charge in [-0.25, -0.2) is 5.48 Å². The first-order valence-electron chi connectivity index (χ1n) is 5.15. The van der Waals surface area contributed by atoms with Crippen LogP contribution in [0.15, 0.2) is 0 Å². The van der Waals surface area contributed by atoms with Crippen LogP contribution in [0.2, 0.25) is 0 Å². The predicted octanol–water partition coefficient (Wildman–Crippen LogP) is 1.60. The lowest BCUT2D eigenvalue weighted by atomic mass is 9.75. The minimum atomic E-state index is -0.682. The van der Waals surface area contributed by atoms with Gasteiger partial charge in [0.15, 0.2) is 0 Å². The van der Waals surface area contributed by atoms with Crippen molar-refractivity contribution >= 4 is 5.91 Å². The largest absolute Gasteiger partial charge is 0.325 e. The summed E-state index contributed by atoms with van der Waals surface area (Å²) in [5.41, 5.74) is 6.71. The van der Waals surface area contributed by atoms with Gasteiger partial charge in [-0.2, -0.15) is 0 Å². The van der Waals surface area contributed by atoms with Crippen molar-refractivity contribution in [2.45, 2.75) is 59.6 Å². The molecule has 0 unspecified atom stereocenters. The maximum absolute atomic E-state index is 11.8. The lowest BCUT2D eigenvalue weighted by Gasteiger charge is -2.37. The quantitative estimate of drug-likeness (QED) is 0.704. The molecule has 0 rings (SSSR count). The van der Waals surface area contributed by atoms with E-state index in [0.717, 1.165) is 0 Å². The van der Waals surface area contributed by atoms with Crippen molar-refractivity contribution in [3.8, 4) is 0 Å². The first-order chi connectivity index (χ1) is 6.38. The summed E-state index contributed by atoms with van der Waals surface area (Å²) in [6.45, 7) is 12.9. The Balaban J connectivity index is 4.47. The van der Waals surface area contributed by atoms with Crippen molar-refractivity contribution < 1.29 is 9.63 Å². The van der Waals surface area contributed by atoms with E-state index in [-0.39, 0.29) is 5.91 Å². The van der Waals surface area contributed by atoms with Crippen LogP contribution < -0.4 is 11.2 Å². The molecule has 0 aromatic carbocycles. The summed E-state index contributed by atoms with van der Waals surface area (Å²) >= 11 is 0. The van der Waals surface area contributed by atoms with Crippen molar-refractivity contribution in [3.05, 3.63) is 0 Å². The lowest BCUT2D eigenvalue weighted by Crippen LogP contribution is -2.56. The van der Waals surface area contributed by atoms with E-state index in [4.69, 9.17) is 10.6 Å². The molecule has 0 saturated carbocycles. The van der Waals surface area contributed by atoms with Crippen LogP contribution in [0.3, 0.4) is 0 Å². The van der Waals surface area contributed by atoms with Gasteiger partial charge in [0.25, 0.3) is 5.91 Å². The van der Waals surface area contributed by atoms with Crippen LogP contribution in [0.25, 0.3) is 0 Å². The molecule has 0 aromatic heterocycles. The average molecular weight is 216 g/mol. The number of amides is 1. The number of hydroxylamine groups is 1. The van der Waals surface area contributed by atoms with Crippen LogP contribution in [0, 0.1) is 5.41 Å². The summed E-state index contributed by atoms with van der Waals surface area (Å²) in [5.74, 6) is -0.204. The number of nitrogens with one attached hydrogen (secondary N) is 1. The minimum absolute atomic E-state index is 0.204. The molecule has 4 nitrogen and oxygen atoms in total. The maximum atomic E-state index is 11.8. The fraction of sp³-hybridized carbons (Fsp3) is 0.909. The standard InChI is InChI=1S/C11H24N2O2/c1-9(2,3)15-13-8(14)10(4,5)11(6,7)12/h12H2,1-7H3,(H,13,14). The Kier molecular flexibility index (Phi) is 3.93. The second kappa shape index (κ2) is 4.10. The van der Waals surface area contributed by atoms with Crippen LogP contribution in [-0.2, 0) is 9.63 Å². The van der Waals surface area contributed by atoms with E-state index in [1.807, 2.05) is 34.6 Å². The third-order valence-corrected chi connectivity index (χ3v) is 2.63. The van der Waals surface area contributed by atoms with E-state index >= 15 is 0 Å². The van der Waals surface area contributed by atoms with E-state index in [0.29, 0.717) is 0 Å². The Bertz CT molecular complexity index is 234. The number of hydrogen-bond donors (Lipinski definition) is 2. The zero-order chi connectivity index (χ0) is 12.5. The third kappa shape index (κ3) is 4.18. The van der Waals surface area contributed by atoms with Gasteiger partial charge in [-0.15, -0.1) is 0 Å². The van der Waals surface area contributed by atoms with Gasteiger partial charge in [0, 0.05) is 5.54 Å². The normalized spacial score (nSPS) is 13.9. The van der Waals surface area contributed by atoms with E-state index in [1.54, 1.807) is 13.8 Å². The summed E-state index contributed by atoms with van der Waals surface area (Å²) < 4.78 is 0. The van der Waals surface area contributed by atoms with Crippen LogP contribution in [0.5, 0.6) is 0 Å². The van der Waals surface area contributed by atoms with Gasteiger partial charge in [0.1, 0.15) is 0 Å². The van der Waals surface area contributed by atoms with Gasteiger partial charge in [-0.05, 0) is 48.5 Å². The summed E-state index contributed by atoms with van der Waals surface area (Å²) in [4.78, 5) is 17.1. The first-order valence-corrected chi connectivity index (χ1v) is 5.15. The van der Waals surface area contributed by atoms with Gasteiger partial charge in [-0.1, -0.05) is 0 Å². The molecule has 0 radical (unpaired) electrons. The topological polar surface area (TPSA) is 64.3 Å². The number of nitrogens with two attached hydrogens (primary N) is 1. The average Bonchev–Trinajstić information content (AvgIpc) is 1.96.